The highest BCUT2D eigenvalue weighted by atomic mass is 16.4. The van der Waals surface area contributed by atoms with Gasteiger partial charge < -0.3 is 20.6 Å². The van der Waals surface area contributed by atoms with Gasteiger partial charge in [0.2, 0.25) is 0 Å². The van der Waals surface area contributed by atoms with Crippen LogP contribution in [0.3, 0.4) is 0 Å². The molecule has 8 nitrogen and oxygen atoms in total. The van der Waals surface area contributed by atoms with Gasteiger partial charge in [0, 0.05) is 31.1 Å². The lowest BCUT2D eigenvalue weighted by Gasteiger charge is -2.13. The molecule has 0 saturated heterocycles. The van der Waals surface area contributed by atoms with E-state index in [0.717, 1.165) is 11.3 Å². The number of hydrogen-bond acceptors (Lipinski definition) is 6. The zero-order chi connectivity index (χ0) is 22.1. The normalized spacial score (nSPS) is 12.8. The minimum atomic E-state index is -0.901. The Bertz CT molecular complexity index is 976. The summed E-state index contributed by atoms with van der Waals surface area (Å²) in [7, 11) is 0. The van der Waals surface area contributed by atoms with Crippen LogP contribution in [-0.4, -0.2) is 33.5 Å². The maximum atomic E-state index is 12.3. The summed E-state index contributed by atoms with van der Waals surface area (Å²) in [5.41, 5.74) is 7.99. The van der Waals surface area contributed by atoms with E-state index >= 15 is 0 Å². The number of amides is 1. The monoisotopic (exact) mass is 422 g/mol. The van der Waals surface area contributed by atoms with Gasteiger partial charge in [-0.15, -0.1) is 0 Å². The van der Waals surface area contributed by atoms with Crippen molar-refractivity contribution in [3.63, 3.8) is 0 Å². The summed E-state index contributed by atoms with van der Waals surface area (Å²) in [5.74, 6) is -1.20. The van der Waals surface area contributed by atoms with Crippen molar-refractivity contribution < 1.29 is 19.1 Å². The fraction of sp³-hybridized carbons (Fsp3) is 0.304. The fourth-order valence-corrected chi connectivity index (χ4v) is 3.32. The molecule has 8 heteroatoms. The highest BCUT2D eigenvalue weighted by Crippen LogP contribution is 2.24. The first-order chi connectivity index (χ1) is 15.0. The quantitative estimate of drug-likeness (QED) is 0.405. The number of pyridine rings is 1. The number of nitrogens with one attached hydrogen (secondary N) is 1. The summed E-state index contributed by atoms with van der Waals surface area (Å²) in [6.07, 6.45) is 4.64. The van der Waals surface area contributed by atoms with Crippen molar-refractivity contribution in [2.45, 2.75) is 37.6 Å². The molecule has 162 valence electrons. The molecule has 0 aliphatic rings. The van der Waals surface area contributed by atoms with Gasteiger partial charge in [0.25, 0.3) is 5.91 Å². The second-order valence-electron chi connectivity index (χ2n) is 7.30. The Morgan fingerprint density at radius 3 is 2.61 bits per heavy atom. The topological polar surface area (TPSA) is 131 Å². The maximum Gasteiger partial charge on any atom is 0.303 e. The molecule has 2 unspecified atom stereocenters. The zero-order valence-corrected chi connectivity index (χ0v) is 17.1. The Kier molecular flexibility index (Phi) is 7.89. The van der Waals surface area contributed by atoms with Crippen molar-refractivity contribution in [1.29, 1.82) is 0 Å². The molecule has 0 saturated carbocycles. The Morgan fingerprint density at radius 2 is 1.90 bits per heavy atom. The van der Waals surface area contributed by atoms with E-state index in [1.165, 1.54) is 6.26 Å². The van der Waals surface area contributed by atoms with Crippen LogP contribution in [0.2, 0.25) is 0 Å². The van der Waals surface area contributed by atoms with Gasteiger partial charge in [-0.05, 0) is 30.5 Å². The number of oxazole rings is 1. The molecule has 0 aliphatic heterocycles. The van der Waals surface area contributed by atoms with Crippen molar-refractivity contribution in [3.05, 3.63) is 83.8 Å². The smallest absolute Gasteiger partial charge is 0.303 e. The zero-order valence-electron chi connectivity index (χ0n) is 17.1. The fourth-order valence-electron chi connectivity index (χ4n) is 3.32. The Hall–Kier alpha value is -3.52. The molecule has 0 radical (unpaired) electrons. The molecule has 4 N–H and O–H groups in total. The Labute approximate surface area is 180 Å². The van der Waals surface area contributed by atoms with Crippen LogP contribution in [0.25, 0.3) is 0 Å². The van der Waals surface area contributed by atoms with Crippen LogP contribution in [0.15, 0.2) is 65.4 Å². The Balaban J connectivity index is 1.50. The van der Waals surface area contributed by atoms with E-state index in [1.807, 2.05) is 48.5 Å². The number of aliphatic carboxylic acids is 1. The van der Waals surface area contributed by atoms with Crippen LogP contribution < -0.4 is 11.1 Å². The van der Waals surface area contributed by atoms with E-state index in [4.69, 9.17) is 10.2 Å². The molecule has 2 aromatic heterocycles. The molecular formula is C23H26N4O4. The van der Waals surface area contributed by atoms with Gasteiger partial charge in [-0.3, -0.25) is 14.6 Å². The first-order valence-electron chi connectivity index (χ1n) is 10.2. The van der Waals surface area contributed by atoms with Crippen LogP contribution >= 0.6 is 0 Å². The molecule has 31 heavy (non-hydrogen) atoms. The molecule has 0 bridgehead atoms. The van der Waals surface area contributed by atoms with Crippen LogP contribution in [0.1, 0.15) is 58.9 Å². The van der Waals surface area contributed by atoms with E-state index in [-0.39, 0.29) is 30.0 Å². The number of rotatable bonds is 11. The third-order valence-corrected chi connectivity index (χ3v) is 4.94. The van der Waals surface area contributed by atoms with E-state index in [1.54, 1.807) is 6.20 Å². The number of carboxylic acids is 1. The average Bonchev–Trinajstić information content (AvgIpc) is 3.25. The molecular weight excluding hydrogens is 396 g/mol. The van der Waals surface area contributed by atoms with Crippen molar-refractivity contribution in [2.75, 3.05) is 6.54 Å². The van der Waals surface area contributed by atoms with Gasteiger partial charge in [-0.25, -0.2) is 4.98 Å². The predicted octanol–water partition coefficient (Wildman–Crippen LogP) is 3.08. The second kappa shape index (κ2) is 11.0. The van der Waals surface area contributed by atoms with Crippen molar-refractivity contribution >= 4 is 11.9 Å². The van der Waals surface area contributed by atoms with Crippen LogP contribution in [0, 0.1) is 0 Å². The lowest BCUT2D eigenvalue weighted by atomic mass is 9.92. The maximum absolute atomic E-state index is 12.3. The van der Waals surface area contributed by atoms with Gasteiger partial charge in [0.05, 0.1) is 12.1 Å². The summed E-state index contributed by atoms with van der Waals surface area (Å²) in [6.45, 7) is 0.452. The summed E-state index contributed by atoms with van der Waals surface area (Å²) < 4.78 is 5.43. The molecule has 0 aliphatic carbocycles. The van der Waals surface area contributed by atoms with Gasteiger partial charge in [0.15, 0.2) is 11.6 Å². The van der Waals surface area contributed by atoms with Gasteiger partial charge in [-0.1, -0.05) is 36.4 Å². The van der Waals surface area contributed by atoms with Gasteiger partial charge >= 0.3 is 5.97 Å². The highest BCUT2D eigenvalue weighted by molar-refractivity contribution is 5.91. The summed E-state index contributed by atoms with van der Waals surface area (Å²) in [4.78, 5) is 32.1. The van der Waals surface area contributed by atoms with E-state index < -0.39 is 5.97 Å². The number of aromatic nitrogens is 2. The molecule has 2 heterocycles. The lowest BCUT2D eigenvalue weighted by Crippen LogP contribution is -2.25. The van der Waals surface area contributed by atoms with E-state index in [2.05, 4.69) is 15.3 Å². The molecule has 3 rings (SSSR count). The number of nitrogens with zero attached hydrogens (tertiary/aromatic N) is 2. The van der Waals surface area contributed by atoms with Crippen LogP contribution in [-0.2, 0) is 11.2 Å². The number of carboxylic acid groups (broad SMARTS) is 1. The van der Waals surface area contributed by atoms with E-state index in [9.17, 15) is 14.7 Å². The summed E-state index contributed by atoms with van der Waals surface area (Å²) >= 11 is 0. The Morgan fingerprint density at radius 1 is 1.13 bits per heavy atom. The minimum Gasteiger partial charge on any atom is -0.481 e. The average molecular weight is 422 g/mol. The molecule has 1 amide bonds. The number of hydrogen-bond donors (Lipinski definition) is 3. The number of carbonyl (C=O) groups is 2. The molecule has 0 fully saturated rings. The second-order valence-corrected chi connectivity index (χ2v) is 7.30. The molecule has 0 spiro atoms. The summed E-state index contributed by atoms with van der Waals surface area (Å²) in [5, 5.41) is 12.0. The lowest BCUT2D eigenvalue weighted by molar-refractivity contribution is -0.137. The van der Waals surface area contributed by atoms with Crippen molar-refractivity contribution in [1.82, 2.24) is 15.3 Å². The number of carbonyl (C=O) groups excluding carboxylic acids is 1. The summed E-state index contributed by atoms with van der Waals surface area (Å²) in [6, 6.07) is 14.8. The number of nitrogens with two attached hydrogens (primary N) is 1. The minimum absolute atomic E-state index is 0.0511. The molecule has 1 aromatic carbocycles. The standard InChI is InChI=1S/C23H26N4O4/c24-18(19-10-4-5-11-25-19)9-6-12-26-23(30)20-15-31-21(27-20)13-17(14-22(28)29)16-7-2-1-3-8-16/h1-5,7-8,10-11,15,17-18H,6,9,12-14,24H2,(H,26,30)(H,28,29). The van der Waals surface area contributed by atoms with Crippen LogP contribution in [0.4, 0.5) is 0 Å². The molecule has 2 atom stereocenters. The SMILES string of the molecule is NC(CCCNC(=O)c1coc(CC(CC(=O)O)c2ccccc2)n1)c1ccccn1. The first-order valence-corrected chi connectivity index (χ1v) is 10.2. The first kappa shape index (κ1) is 22.2. The van der Waals surface area contributed by atoms with Gasteiger partial charge in [0.1, 0.15) is 6.26 Å². The largest absolute Gasteiger partial charge is 0.481 e. The number of benzene rings is 1. The predicted molar refractivity (Wildman–Crippen MR) is 114 cm³/mol. The molecule has 3 aromatic rings. The van der Waals surface area contributed by atoms with Crippen molar-refractivity contribution in [2.24, 2.45) is 5.73 Å². The van der Waals surface area contributed by atoms with E-state index in [0.29, 0.717) is 31.7 Å². The van der Waals surface area contributed by atoms with Crippen LogP contribution in [0.5, 0.6) is 0 Å². The van der Waals surface area contributed by atoms with Gasteiger partial charge in [-0.2, -0.15) is 0 Å². The highest BCUT2D eigenvalue weighted by Gasteiger charge is 2.20. The third-order valence-electron chi connectivity index (χ3n) is 4.94. The third kappa shape index (κ3) is 6.75. The van der Waals surface area contributed by atoms with Crippen molar-refractivity contribution in [3.8, 4) is 0 Å².